The summed E-state index contributed by atoms with van der Waals surface area (Å²) >= 11 is 3.41. The van der Waals surface area contributed by atoms with E-state index < -0.39 is 0 Å². The molecule has 19 heavy (non-hydrogen) atoms. The molecule has 0 spiro atoms. The highest BCUT2D eigenvalue weighted by Gasteiger charge is 2.13. The van der Waals surface area contributed by atoms with Gasteiger partial charge in [0.15, 0.2) is 0 Å². The van der Waals surface area contributed by atoms with Gasteiger partial charge in [-0.25, -0.2) is 0 Å². The Morgan fingerprint density at radius 1 is 1.26 bits per heavy atom. The molecule has 0 fully saturated rings. The molecule has 4 heteroatoms. The van der Waals surface area contributed by atoms with Crippen LogP contribution in [0.5, 0.6) is 0 Å². The van der Waals surface area contributed by atoms with Gasteiger partial charge < -0.3 is 10.6 Å². The van der Waals surface area contributed by atoms with Gasteiger partial charge in [0, 0.05) is 16.1 Å². The Kier molecular flexibility index (Phi) is 6.01. The monoisotopic (exact) mass is 326 g/mol. The summed E-state index contributed by atoms with van der Waals surface area (Å²) in [6, 6.07) is 8.31. The van der Waals surface area contributed by atoms with Gasteiger partial charge in [0.05, 0.1) is 6.54 Å². The Balaban J connectivity index is 2.36. The van der Waals surface area contributed by atoms with Gasteiger partial charge in [0.25, 0.3) is 0 Å². The standard InChI is InChI=1S/C15H23BrN2O/c1-11(9-12-5-7-13(16)8-6-12)18-14(19)10-17-15(2,3)4/h5-8,11,17H,9-10H2,1-4H3,(H,18,19). The van der Waals surface area contributed by atoms with Crippen LogP contribution in [0.25, 0.3) is 0 Å². The minimum absolute atomic E-state index is 0.0354. The molecule has 1 rings (SSSR count). The fourth-order valence-electron chi connectivity index (χ4n) is 1.70. The maximum atomic E-state index is 11.8. The van der Waals surface area contributed by atoms with Gasteiger partial charge in [-0.1, -0.05) is 28.1 Å². The number of nitrogens with one attached hydrogen (secondary N) is 2. The molecule has 0 saturated heterocycles. The number of hydrogen-bond donors (Lipinski definition) is 2. The second-order valence-corrected chi connectivity index (χ2v) is 6.82. The van der Waals surface area contributed by atoms with Crippen LogP contribution < -0.4 is 10.6 Å². The van der Waals surface area contributed by atoms with Gasteiger partial charge in [-0.05, 0) is 51.8 Å². The van der Waals surface area contributed by atoms with Crippen LogP contribution >= 0.6 is 15.9 Å². The normalized spacial score (nSPS) is 13.1. The summed E-state index contributed by atoms with van der Waals surface area (Å²) in [4.78, 5) is 11.8. The third-order valence-corrected chi connectivity index (χ3v) is 3.17. The molecule has 0 aliphatic carbocycles. The molecule has 1 atom stereocenters. The van der Waals surface area contributed by atoms with Crippen molar-refractivity contribution in [1.82, 2.24) is 10.6 Å². The van der Waals surface area contributed by atoms with Crippen LogP contribution in [0.3, 0.4) is 0 Å². The topological polar surface area (TPSA) is 41.1 Å². The molecule has 106 valence electrons. The molecule has 1 aromatic rings. The van der Waals surface area contributed by atoms with E-state index in [-0.39, 0.29) is 17.5 Å². The van der Waals surface area contributed by atoms with Crippen LogP contribution in [0.2, 0.25) is 0 Å². The van der Waals surface area contributed by atoms with E-state index in [9.17, 15) is 4.79 Å². The zero-order valence-electron chi connectivity index (χ0n) is 12.1. The van der Waals surface area contributed by atoms with Gasteiger partial charge in [-0.15, -0.1) is 0 Å². The van der Waals surface area contributed by atoms with Crippen LogP contribution in [0.1, 0.15) is 33.3 Å². The van der Waals surface area contributed by atoms with Crippen molar-refractivity contribution in [2.75, 3.05) is 6.54 Å². The first-order valence-electron chi connectivity index (χ1n) is 6.55. The average Bonchev–Trinajstić information content (AvgIpc) is 2.29. The summed E-state index contributed by atoms with van der Waals surface area (Å²) in [5, 5.41) is 6.18. The van der Waals surface area contributed by atoms with Crippen molar-refractivity contribution in [2.45, 2.75) is 45.7 Å². The van der Waals surface area contributed by atoms with Crippen molar-refractivity contribution < 1.29 is 4.79 Å². The number of carbonyl (C=O) groups is 1. The van der Waals surface area contributed by atoms with E-state index in [1.807, 2.05) is 39.8 Å². The molecule has 1 unspecified atom stereocenters. The highest BCUT2D eigenvalue weighted by Crippen LogP contribution is 2.11. The fraction of sp³-hybridized carbons (Fsp3) is 0.533. The molecule has 0 aliphatic heterocycles. The van der Waals surface area contributed by atoms with Gasteiger partial charge >= 0.3 is 0 Å². The second kappa shape index (κ2) is 7.06. The maximum Gasteiger partial charge on any atom is 0.234 e. The van der Waals surface area contributed by atoms with Crippen molar-refractivity contribution >= 4 is 21.8 Å². The molecule has 0 saturated carbocycles. The summed E-state index contributed by atoms with van der Waals surface area (Å²) in [6.07, 6.45) is 0.842. The van der Waals surface area contributed by atoms with E-state index in [1.54, 1.807) is 0 Å². The number of rotatable bonds is 5. The predicted molar refractivity (Wildman–Crippen MR) is 83.2 cm³/mol. The van der Waals surface area contributed by atoms with Crippen molar-refractivity contribution in [1.29, 1.82) is 0 Å². The van der Waals surface area contributed by atoms with Crippen LogP contribution in [0.15, 0.2) is 28.7 Å². The Labute approximate surface area is 124 Å². The van der Waals surface area contributed by atoms with Crippen LogP contribution in [0.4, 0.5) is 0 Å². The van der Waals surface area contributed by atoms with Crippen molar-refractivity contribution in [3.05, 3.63) is 34.3 Å². The summed E-state index contributed by atoms with van der Waals surface area (Å²) in [5.41, 5.74) is 1.19. The summed E-state index contributed by atoms with van der Waals surface area (Å²) in [7, 11) is 0. The third-order valence-electron chi connectivity index (χ3n) is 2.64. The highest BCUT2D eigenvalue weighted by atomic mass is 79.9. The van der Waals surface area contributed by atoms with Crippen molar-refractivity contribution in [3.63, 3.8) is 0 Å². The number of hydrogen-bond acceptors (Lipinski definition) is 2. The molecule has 1 amide bonds. The lowest BCUT2D eigenvalue weighted by Gasteiger charge is -2.21. The van der Waals surface area contributed by atoms with E-state index >= 15 is 0 Å². The lowest BCUT2D eigenvalue weighted by molar-refractivity contribution is -0.121. The second-order valence-electron chi connectivity index (χ2n) is 5.90. The average molecular weight is 327 g/mol. The Morgan fingerprint density at radius 3 is 2.37 bits per heavy atom. The molecule has 1 aromatic carbocycles. The Morgan fingerprint density at radius 2 is 1.84 bits per heavy atom. The molecule has 3 nitrogen and oxygen atoms in total. The first-order chi connectivity index (χ1) is 8.76. The summed E-state index contributed by atoms with van der Waals surface area (Å²) in [5.74, 6) is 0.0412. The fourth-order valence-corrected chi connectivity index (χ4v) is 1.96. The Bertz CT molecular complexity index is 409. The molecule has 0 aliphatic rings. The van der Waals surface area contributed by atoms with E-state index in [1.165, 1.54) is 5.56 Å². The van der Waals surface area contributed by atoms with Crippen LogP contribution in [-0.2, 0) is 11.2 Å². The van der Waals surface area contributed by atoms with Gasteiger partial charge in [0.1, 0.15) is 0 Å². The molecule has 0 bridgehead atoms. The Hall–Kier alpha value is -0.870. The maximum absolute atomic E-state index is 11.8. The SMILES string of the molecule is CC(Cc1ccc(Br)cc1)NC(=O)CNC(C)(C)C. The lowest BCUT2D eigenvalue weighted by atomic mass is 10.1. The first kappa shape index (κ1) is 16.2. The van der Waals surface area contributed by atoms with Crippen molar-refractivity contribution in [2.24, 2.45) is 0 Å². The number of amides is 1. The van der Waals surface area contributed by atoms with E-state index in [0.717, 1.165) is 10.9 Å². The van der Waals surface area contributed by atoms with E-state index in [2.05, 4.69) is 38.7 Å². The van der Waals surface area contributed by atoms with Gasteiger partial charge in [0.2, 0.25) is 5.91 Å². The highest BCUT2D eigenvalue weighted by molar-refractivity contribution is 9.10. The van der Waals surface area contributed by atoms with Crippen molar-refractivity contribution in [3.8, 4) is 0 Å². The number of benzene rings is 1. The smallest absolute Gasteiger partial charge is 0.234 e. The molecule has 0 aromatic heterocycles. The summed E-state index contributed by atoms with van der Waals surface area (Å²) in [6.45, 7) is 8.52. The number of halogens is 1. The quantitative estimate of drug-likeness (QED) is 0.873. The first-order valence-corrected chi connectivity index (χ1v) is 7.34. The molecular formula is C15H23BrN2O. The lowest BCUT2D eigenvalue weighted by Crippen LogP contribution is -2.45. The number of carbonyl (C=O) groups excluding carboxylic acids is 1. The summed E-state index contributed by atoms with van der Waals surface area (Å²) < 4.78 is 1.07. The molecule has 2 N–H and O–H groups in total. The van der Waals surface area contributed by atoms with Crippen LogP contribution in [-0.4, -0.2) is 24.0 Å². The van der Waals surface area contributed by atoms with Crippen LogP contribution in [0, 0.1) is 0 Å². The molecule has 0 radical (unpaired) electrons. The van der Waals surface area contributed by atoms with Gasteiger partial charge in [-0.3, -0.25) is 4.79 Å². The largest absolute Gasteiger partial charge is 0.352 e. The zero-order chi connectivity index (χ0) is 14.5. The minimum Gasteiger partial charge on any atom is -0.352 e. The molecule has 0 heterocycles. The van der Waals surface area contributed by atoms with Gasteiger partial charge in [-0.2, -0.15) is 0 Å². The minimum atomic E-state index is -0.0354. The van der Waals surface area contributed by atoms with E-state index in [0.29, 0.717) is 6.54 Å². The van der Waals surface area contributed by atoms with E-state index in [4.69, 9.17) is 0 Å². The zero-order valence-corrected chi connectivity index (χ0v) is 13.7. The predicted octanol–water partition coefficient (Wildman–Crippen LogP) is 2.88. The molecular weight excluding hydrogens is 304 g/mol. The third kappa shape index (κ3) is 7.33.